The van der Waals surface area contributed by atoms with Gasteiger partial charge in [-0.1, -0.05) is 47.4 Å². The van der Waals surface area contributed by atoms with Gasteiger partial charge in [-0.15, -0.1) is 15.3 Å². The van der Waals surface area contributed by atoms with Crippen LogP contribution in [0.5, 0.6) is 0 Å². The molecule has 1 heterocycles. The molecule has 0 saturated carbocycles. The molecule has 0 N–H and O–H groups in total. The van der Waals surface area contributed by atoms with Gasteiger partial charge in [-0.05, 0) is 17.7 Å². The smallest absolute Gasteiger partial charge is 0.115 e. The van der Waals surface area contributed by atoms with E-state index in [1.807, 2.05) is 54.6 Å². The molecule has 1 aromatic heterocycles. The van der Waals surface area contributed by atoms with E-state index in [4.69, 9.17) is 0 Å². The Morgan fingerprint density at radius 1 is 0.824 bits per heavy atom. The van der Waals surface area contributed by atoms with Crippen LogP contribution in [0.1, 0.15) is 5.56 Å². The average molecular weight is 222 g/mol. The van der Waals surface area contributed by atoms with Crippen molar-refractivity contribution in [3.8, 4) is 0 Å². The molecule has 0 saturated heterocycles. The first-order valence-corrected chi connectivity index (χ1v) is 5.33. The molecule has 0 radical (unpaired) electrons. The summed E-state index contributed by atoms with van der Waals surface area (Å²) in [6.07, 6.45) is 1.74. The number of benzene rings is 2. The van der Waals surface area contributed by atoms with Gasteiger partial charge in [-0.25, -0.2) is 0 Å². The molecule has 0 unspecified atom stereocenters. The van der Waals surface area contributed by atoms with Gasteiger partial charge in [-0.3, -0.25) is 0 Å². The molecule has 3 aromatic rings. The summed E-state index contributed by atoms with van der Waals surface area (Å²) >= 11 is 0. The molecule has 0 fully saturated rings. The minimum atomic E-state index is 0.845. The van der Waals surface area contributed by atoms with Crippen LogP contribution in [0, 0.1) is 0 Å². The second kappa shape index (κ2) is 4.17. The van der Waals surface area contributed by atoms with Gasteiger partial charge in [0, 0.05) is 0 Å². The Labute approximate surface area is 98.2 Å². The summed E-state index contributed by atoms with van der Waals surface area (Å²) in [5.41, 5.74) is 2.71. The predicted octanol–water partition coefficient (Wildman–Crippen LogP) is 2.31. The molecule has 0 aliphatic rings. The van der Waals surface area contributed by atoms with E-state index in [9.17, 15) is 0 Å². The Kier molecular flexibility index (Phi) is 2.38. The van der Waals surface area contributed by atoms with E-state index in [0.29, 0.717) is 0 Å². The molecular formula is C13H10N4. The van der Waals surface area contributed by atoms with Gasteiger partial charge in [0.15, 0.2) is 0 Å². The highest BCUT2D eigenvalue weighted by Gasteiger charge is 1.98. The molecule has 2 aromatic carbocycles. The summed E-state index contributed by atoms with van der Waals surface area (Å²) in [7, 11) is 0. The molecular weight excluding hydrogens is 212 g/mol. The first-order chi connectivity index (χ1) is 8.42. The Morgan fingerprint density at radius 3 is 2.06 bits per heavy atom. The van der Waals surface area contributed by atoms with Crippen LogP contribution >= 0.6 is 0 Å². The third-order valence-electron chi connectivity index (χ3n) is 2.39. The van der Waals surface area contributed by atoms with Crippen LogP contribution in [0.3, 0.4) is 0 Å². The average Bonchev–Trinajstić information content (AvgIpc) is 2.80. The fraction of sp³-hybridized carbons (Fsp3) is 0. The van der Waals surface area contributed by atoms with Crippen LogP contribution in [-0.2, 0) is 0 Å². The quantitative estimate of drug-likeness (QED) is 0.624. The highest BCUT2D eigenvalue weighted by molar-refractivity contribution is 5.79. The summed E-state index contributed by atoms with van der Waals surface area (Å²) in [6.45, 7) is 0. The van der Waals surface area contributed by atoms with Crippen molar-refractivity contribution in [1.82, 2.24) is 15.1 Å². The van der Waals surface area contributed by atoms with Crippen molar-refractivity contribution >= 4 is 17.2 Å². The Hall–Kier alpha value is -2.49. The molecule has 17 heavy (non-hydrogen) atoms. The van der Waals surface area contributed by atoms with E-state index in [2.05, 4.69) is 15.3 Å². The first-order valence-electron chi connectivity index (χ1n) is 5.33. The summed E-state index contributed by atoms with van der Waals surface area (Å²) in [6, 6.07) is 17.6. The fourth-order valence-electron chi connectivity index (χ4n) is 1.56. The zero-order valence-corrected chi connectivity index (χ0v) is 9.06. The lowest BCUT2D eigenvalue weighted by molar-refractivity contribution is 0.646. The van der Waals surface area contributed by atoms with Crippen LogP contribution in [-0.4, -0.2) is 21.3 Å². The summed E-state index contributed by atoms with van der Waals surface area (Å²) in [5.74, 6) is 0. The van der Waals surface area contributed by atoms with Gasteiger partial charge in [0.2, 0.25) is 0 Å². The van der Waals surface area contributed by atoms with Crippen LogP contribution in [0.25, 0.3) is 11.0 Å². The Bertz CT molecular complexity index is 622. The van der Waals surface area contributed by atoms with Gasteiger partial charge in [0.1, 0.15) is 11.0 Å². The van der Waals surface area contributed by atoms with E-state index in [1.54, 1.807) is 6.21 Å². The number of nitrogens with zero attached hydrogens (tertiary/aromatic N) is 4. The molecule has 4 nitrogen and oxygen atoms in total. The van der Waals surface area contributed by atoms with Gasteiger partial charge >= 0.3 is 0 Å². The monoisotopic (exact) mass is 222 g/mol. The van der Waals surface area contributed by atoms with Crippen molar-refractivity contribution in [2.45, 2.75) is 0 Å². The fourth-order valence-corrected chi connectivity index (χ4v) is 1.56. The number of hydrogen-bond donors (Lipinski definition) is 0. The third kappa shape index (κ3) is 2.06. The van der Waals surface area contributed by atoms with Crippen molar-refractivity contribution in [2.75, 3.05) is 0 Å². The topological polar surface area (TPSA) is 43.1 Å². The lowest BCUT2D eigenvalue weighted by Crippen LogP contribution is -1.94. The molecule has 0 spiro atoms. The predicted molar refractivity (Wildman–Crippen MR) is 67.0 cm³/mol. The molecule has 0 bridgehead atoms. The summed E-state index contributed by atoms with van der Waals surface area (Å²) in [4.78, 5) is 1.34. The highest BCUT2D eigenvalue weighted by atomic mass is 15.6. The maximum absolute atomic E-state index is 4.24. The van der Waals surface area contributed by atoms with Crippen LogP contribution in [0.2, 0.25) is 0 Å². The van der Waals surface area contributed by atoms with Gasteiger partial charge < -0.3 is 0 Å². The summed E-state index contributed by atoms with van der Waals surface area (Å²) < 4.78 is 0. The maximum atomic E-state index is 4.24. The molecule has 0 aliphatic heterocycles. The van der Waals surface area contributed by atoms with E-state index in [-0.39, 0.29) is 0 Å². The number of aromatic nitrogens is 3. The van der Waals surface area contributed by atoms with Crippen LogP contribution < -0.4 is 0 Å². The van der Waals surface area contributed by atoms with Crippen LogP contribution in [0.4, 0.5) is 0 Å². The van der Waals surface area contributed by atoms with Crippen molar-refractivity contribution in [2.24, 2.45) is 5.10 Å². The SMILES string of the molecule is C(=Nn1nc2ccccc2n1)c1ccccc1. The lowest BCUT2D eigenvalue weighted by Gasteiger charge is -1.89. The molecule has 0 atom stereocenters. The zero-order valence-electron chi connectivity index (χ0n) is 9.06. The van der Waals surface area contributed by atoms with E-state index < -0.39 is 0 Å². The molecule has 0 aliphatic carbocycles. The van der Waals surface area contributed by atoms with Crippen molar-refractivity contribution < 1.29 is 0 Å². The minimum Gasteiger partial charge on any atom is -0.140 e. The van der Waals surface area contributed by atoms with E-state index >= 15 is 0 Å². The Balaban J connectivity index is 1.92. The van der Waals surface area contributed by atoms with Crippen molar-refractivity contribution in [3.63, 3.8) is 0 Å². The number of rotatable bonds is 2. The minimum absolute atomic E-state index is 0.845. The lowest BCUT2D eigenvalue weighted by atomic mass is 10.2. The number of fused-ring (bicyclic) bond motifs is 1. The van der Waals surface area contributed by atoms with Crippen molar-refractivity contribution in [3.05, 3.63) is 60.2 Å². The second-order valence-electron chi connectivity index (χ2n) is 3.61. The maximum Gasteiger partial charge on any atom is 0.115 e. The summed E-state index contributed by atoms with van der Waals surface area (Å²) in [5, 5.41) is 12.7. The zero-order chi connectivity index (χ0) is 11.5. The number of hydrogen-bond acceptors (Lipinski definition) is 3. The van der Waals surface area contributed by atoms with Gasteiger partial charge in [0.05, 0.1) is 6.21 Å². The molecule has 82 valence electrons. The molecule has 4 heteroatoms. The van der Waals surface area contributed by atoms with Gasteiger partial charge in [-0.2, -0.15) is 0 Å². The third-order valence-corrected chi connectivity index (χ3v) is 2.39. The first kappa shape index (κ1) is 9.72. The van der Waals surface area contributed by atoms with Gasteiger partial charge in [0.25, 0.3) is 0 Å². The normalized spacial score (nSPS) is 11.3. The van der Waals surface area contributed by atoms with E-state index in [0.717, 1.165) is 16.6 Å². The van der Waals surface area contributed by atoms with E-state index in [1.165, 1.54) is 4.91 Å². The second-order valence-corrected chi connectivity index (χ2v) is 3.61. The van der Waals surface area contributed by atoms with Crippen molar-refractivity contribution in [1.29, 1.82) is 0 Å². The Morgan fingerprint density at radius 2 is 1.41 bits per heavy atom. The van der Waals surface area contributed by atoms with Crippen LogP contribution in [0.15, 0.2) is 59.7 Å². The molecule has 0 amide bonds. The largest absolute Gasteiger partial charge is 0.140 e. The standard InChI is InChI=1S/C13H10N4/c1-2-6-11(7-3-1)10-14-17-15-12-8-4-5-9-13(12)16-17/h1-10H. The molecule has 3 rings (SSSR count). The highest BCUT2D eigenvalue weighted by Crippen LogP contribution is 2.06.